The molecule has 0 aliphatic carbocycles. The number of benzene rings is 10. The number of hydrogen-bond acceptors (Lipinski definition) is 3. The first-order valence-electron chi connectivity index (χ1n) is 23.0. The van der Waals surface area contributed by atoms with Gasteiger partial charge in [-0.15, -0.1) is 0 Å². The van der Waals surface area contributed by atoms with Crippen LogP contribution >= 0.6 is 0 Å². The van der Waals surface area contributed by atoms with Crippen LogP contribution in [0.5, 0.6) is 0 Å². The molecule has 0 unspecified atom stereocenters. The maximum Gasteiger partial charge on any atom is 0.238 e. The Bertz CT molecular complexity index is 3990. The molecule has 0 saturated carbocycles. The topological polar surface area (TPSA) is 48.5 Å². The van der Waals surface area contributed by atoms with E-state index in [1.807, 2.05) is 18.2 Å². The van der Waals surface area contributed by atoms with Gasteiger partial charge >= 0.3 is 0 Å². The summed E-state index contributed by atoms with van der Waals surface area (Å²) in [5.74, 6) is 1.76. The summed E-state index contributed by atoms with van der Waals surface area (Å²) in [4.78, 5) is 16.0. The summed E-state index contributed by atoms with van der Waals surface area (Å²) >= 11 is 0. The second kappa shape index (κ2) is 16.4. The Morgan fingerprint density at radius 3 is 1.35 bits per heavy atom. The van der Waals surface area contributed by atoms with E-state index < -0.39 is 0 Å². The molecule has 0 atom stereocenters. The van der Waals surface area contributed by atoms with Gasteiger partial charge in [-0.05, 0) is 69.3 Å². The number of hydrogen-bond donors (Lipinski definition) is 0. The molecule has 0 radical (unpaired) electrons. The third-order valence-corrected chi connectivity index (χ3v) is 13.2. The van der Waals surface area contributed by atoms with Gasteiger partial charge in [0.15, 0.2) is 11.6 Å². The molecule has 0 aliphatic heterocycles. The van der Waals surface area contributed by atoms with Crippen LogP contribution in [0.3, 0.4) is 0 Å². The van der Waals surface area contributed by atoms with E-state index in [9.17, 15) is 0 Å². The highest BCUT2D eigenvalue weighted by Gasteiger charge is 2.24. The predicted octanol–water partition coefficient (Wildman–Crippen LogP) is 16.1. The fourth-order valence-electron chi connectivity index (χ4n) is 10.00. The van der Waals surface area contributed by atoms with Crippen LogP contribution in [0.4, 0.5) is 0 Å². The summed E-state index contributed by atoms with van der Waals surface area (Å²) in [6.07, 6.45) is 0. The molecule has 0 N–H and O–H groups in total. The smallest absolute Gasteiger partial charge is 0.238 e. The zero-order valence-electron chi connectivity index (χ0n) is 36.9. The largest absolute Gasteiger partial charge is 0.309 e. The van der Waals surface area contributed by atoms with Crippen LogP contribution in [0, 0.1) is 0 Å². The van der Waals surface area contributed by atoms with Crippen molar-refractivity contribution in [3.8, 4) is 78.9 Å². The van der Waals surface area contributed by atoms with Crippen molar-refractivity contribution in [2.24, 2.45) is 0 Å². The summed E-state index contributed by atoms with van der Waals surface area (Å²) < 4.78 is 4.72. The van der Waals surface area contributed by atoms with Gasteiger partial charge in [0, 0.05) is 38.2 Å². The lowest BCUT2D eigenvalue weighted by Gasteiger charge is -2.16. The van der Waals surface area contributed by atoms with Gasteiger partial charge in [-0.2, -0.15) is 9.97 Å². The highest BCUT2D eigenvalue weighted by Crippen LogP contribution is 2.44. The molecule has 3 heterocycles. The van der Waals surface area contributed by atoms with E-state index in [0.717, 1.165) is 88.2 Å². The second-order valence-corrected chi connectivity index (χ2v) is 17.2. The quantitative estimate of drug-likeness (QED) is 0.153. The Morgan fingerprint density at radius 2 is 0.721 bits per heavy atom. The Balaban J connectivity index is 1.05. The Morgan fingerprint density at radius 1 is 0.265 bits per heavy atom. The van der Waals surface area contributed by atoms with Crippen LogP contribution in [-0.4, -0.2) is 24.1 Å². The fourth-order valence-corrected chi connectivity index (χ4v) is 10.00. The van der Waals surface area contributed by atoms with Crippen LogP contribution in [-0.2, 0) is 0 Å². The molecule has 3 aromatic heterocycles. The van der Waals surface area contributed by atoms with E-state index >= 15 is 0 Å². The number of nitrogens with zero attached hydrogens (tertiary/aromatic N) is 5. The first-order valence-corrected chi connectivity index (χ1v) is 23.0. The van der Waals surface area contributed by atoms with Crippen molar-refractivity contribution in [1.29, 1.82) is 0 Å². The molecule has 5 heteroatoms. The third kappa shape index (κ3) is 6.68. The van der Waals surface area contributed by atoms with Gasteiger partial charge in [0.25, 0.3) is 0 Å². The number of aromatic nitrogens is 5. The van der Waals surface area contributed by atoms with Crippen molar-refractivity contribution in [2.75, 3.05) is 0 Å². The molecule has 0 amide bonds. The molecule has 0 aliphatic rings. The molecule has 68 heavy (non-hydrogen) atoms. The van der Waals surface area contributed by atoms with Crippen LogP contribution in [0.2, 0.25) is 0 Å². The summed E-state index contributed by atoms with van der Waals surface area (Å²) in [5.41, 5.74) is 16.5. The monoisotopic (exact) mass is 867 g/mol. The van der Waals surface area contributed by atoms with E-state index in [-0.39, 0.29) is 0 Å². The molecule has 0 fully saturated rings. The summed E-state index contributed by atoms with van der Waals surface area (Å²) in [6, 6.07) is 88.2. The van der Waals surface area contributed by atoms with Gasteiger partial charge in [0.1, 0.15) is 0 Å². The lowest BCUT2D eigenvalue weighted by Crippen LogP contribution is -2.06. The average molecular weight is 868 g/mol. The van der Waals surface area contributed by atoms with Gasteiger partial charge in [0.05, 0.1) is 27.8 Å². The van der Waals surface area contributed by atoms with E-state index in [1.54, 1.807) is 0 Å². The van der Waals surface area contributed by atoms with E-state index in [4.69, 9.17) is 15.0 Å². The van der Waals surface area contributed by atoms with Gasteiger partial charge in [-0.1, -0.05) is 218 Å². The lowest BCUT2D eigenvalue weighted by atomic mass is 9.98. The van der Waals surface area contributed by atoms with Crippen LogP contribution < -0.4 is 0 Å². The van der Waals surface area contributed by atoms with Crippen molar-refractivity contribution in [3.63, 3.8) is 0 Å². The van der Waals surface area contributed by atoms with Crippen molar-refractivity contribution in [3.05, 3.63) is 249 Å². The summed E-state index contributed by atoms with van der Waals surface area (Å²) in [5, 5.41) is 4.53. The molecule has 5 nitrogen and oxygen atoms in total. The molecule has 10 aromatic carbocycles. The highest BCUT2D eigenvalue weighted by atomic mass is 15.2. The van der Waals surface area contributed by atoms with E-state index in [1.165, 1.54) is 16.7 Å². The predicted molar refractivity (Wildman–Crippen MR) is 281 cm³/mol. The Hall–Kier alpha value is -9.19. The normalized spacial score (nSPS) is 11.5. The van der Waals surface area contributed by atoms with Crippen LogP contribution in [0.15, 0.2) is 249 Å². The molecule has 13 rings (SSSR count). The fraction of sp³-hybridized carbons (Fsp3) is 0. The first kappa shape index (κ1) is 39.2. The molecule has 0 saturated heterocycles. The second-order valence-electron chi connectivity index (χ2n) is 17.2. The minimum Gasteiger partial charge on any atom is -0.309 e. The first-order chi connectivity index (χ1) is 33.7. The third-order valence-electron chi connectivity index (χ3n) is 13.2. The number of rotatable bonds is 8. The van der Waals surface area contributed by atoms with Crippen molar-refractivity contribution in [2.45, 2.75) is 0 Å². The van der Waals surface area contributed by atoms with Crippen LogP contribution in [0.25, 0.3) is 123 Å². The minimum absolute atomic E-state index is 0.556. The van der Waals surface area contributed by atoms with Crippen LogP contribution in [0.1, 0.15) is 0 Å². The van der Waals surface area contributed by atoms with Crippen molar-refractivity contribution >= 4 is 43.6 Å². The van der Waals surface area contributed by atoms with Gasteiger partial charge in [-0.25, -0.2) is 4.98 Å². The molecule has 13 aromatic rings. The molecule has 0 spiro atoms. The molecule has 0 bridgehead atoms. The zero-order chi connectivity index (χ0) is 45.0. The SMILES string of the molecule is c1ccc(-c2cccc(-c3ccc(-c4nc(-c5ccccc5)nc(-n5c6ccccc6c6ccc7c(c8ccccc8n7-c7cc(-c8ccccc8)ccc7-c7ccccc7)c65)n4)cc3)c2)cc1. The average Bonchev–Trinajstić information content (AvgIpc) is 3.95. The Kier molecular flexibility index (Phi) is 9.43. The lowest BCUT2D eigenvalue weighted by molar-refractivity contribution is 0.955. The maximum absolute atomic E-state index is 5.41. The Labute approximate surface area is 393 Å². The summed E-state index contributed by atoms with van der Waals surface area (Å²) in [7, 11) is 0. The standard InChI is InChI=1S/C63H41N5/c1-5-18-42(19-6-1)48-26-17-27-49(40-48)44-32-34-47(35-33-44)62-64-61(46-24-11-4-12-25-46)65-63(66-62)68-55-30-15-13-28-52(55)53-38-39-57-59(60(53)68)54-29-14-16-31-56(54)67(57)58-41-50(43-20-7-2-8-21-43)36-37-51(58)45-22-9-3-10-23-45/h1-41H. The van der Waals surface area contributed by atoms with Gasteiger partial charge in [-0.3, -0.25) is 4.57 Å². The zero-order valence-corrected chi connectivity index (χ0v) is 36.9. The summed E-state index contributed by atoms with van der Waals surface area (Å²) in [6.45, 7) is 0. The molecular weight excluding hydrogens is 827 g/mol. The van der Waals surface area contributed by atoms with Crippen molar-refractivity contribution in [1.82, 2.24) is 24.1 Å². The molecule has 318 valence electrons. The van der Waals surface area contributed by atoms with Crippen molar-refractivity contribution < 1.29 is 0 Å². The highest BCUT2D eigenvalue weighted by molar-refractivity contribution is 6.26. The van der Waals surface area contributed by atoms with Gasteiger partial charge < -0.3 is 4.57 Å². The molecular formula is C63H41N5. The number of para-hydroxylation sites is 2. The minimum atomic E-state index is 0.556. The van der Waals surface area contributed by atoms with E-state index in [2.05, 4.69) is 240 Å². The van der Waals surface area contributed by atoms with Gasteiger partial charge in [0.2, 0.25) is 5.95 Å². The maximum atomic E-state index is 5.41. The van der Waals surface area contributed by atoms with E-state index in [0.29, 0.717) is 17.6 Å². The number of fused-ring (bicyclic) bond motifs is 7.